The lowest BCUT2D eigenvalue weighted by Gasteiger charge is -2.20. The number of nitrogens with zero attached hydrogens (tertiary/aromatic N) is 2. The highest BCUT2D eigenvalue weighted by Crippen LogP contribution is 2.33. The first-order chi connectivity index (χ1) is 13.1. The lowest BCUT2D eigenvalue weighted by Crippen LogP contribution is -2.55. The molecule has 0 bridgehead atoms. The molecule has 2 amide bonds. The van der Waals surface area contributed by atoms with E-state index in [9.17, 15) is 40.8 Å². The van der Waals surface area contributed by atoms with Gasteiger partial charge in [-0.3, -0.25) is 14.4 Å². The van der Waals surface area contributed by atoms with Crippen LogP contribution >= 0.6 is 0 Å². The van der Waals surface area contributed by atoms with Gasteiger partial charge in [-0.25, -0.2) is 13.2 Å². The molecule has 0 unspecified atom stereocenters. The number of fused-ring (bicyclic) bond motifs is 1. The maximum Gasteiger partial charge on any atom is 0.416 e. The van der Waals surface area contributed by atoms with Crippen molar-refractivity contribution in [3.05, 3.63) is 44.1 Å². The lowest BCUT2D eigenvalue weighted by atomic mass is 10.0. The van der Waals surface area contributed by atoms with Gasteiger partial charge in [0.2, 0.25) is 5.91 Å². The average molecular weight is 436 g/mol. The van der Waals surface area contributed by atoms with Crippen LogP contribution in [0.3, 0.4) is 0 Å². The summed E-state index contributed by atoms with van der Waals surface area (Å²) in [6, 6.07) is 1.27. The van der Waals surface area contributed by atoms with E-state index < -0.39 is 67.8 Å². The van der Waals surface area contributed by atoms with Gasteiger partial charge in [-0.15, -0.1) is 9.09 Å². The molecule has 0 saturated heterocycles. The third kappa shape index (κ3) is 4.47. The van der Waals surface area contributed by atoms with Crippen LogP contribution in [0.4, 0.5) is 13.2 Å². The van der Waals surface area contributed by atoms with Gasteiger partial charge in [0.25, 0.3) is 21.5 Å². The molecular formula is C15H15F3N4O6S. The summed E-state index contributed by atoms with van der Waals surface area (Å²) < 4.78 is 63.6. The van der Waals surface area contributed by atoms with Crippen LogP contribution in [0.1, 0.15) is 25.0 Å². The number of hydrogen-bond donors (Lipinski definition) is 2. The van der Waals surface area contributed by atoms with E-state index in [2.05, 4.69) is 5.32 Å². The van der Waals surface area contributed by atoms with Gasteiger partial charge in [-0.05, 0) is 17.7 Å². The van der Waals surface area contributed by atoms with Crippen molar-refractivity contribution in [3.63, 3.8) is 0 Å². The second kappa shape index (κ2) is 7.35. The predicted octanol–water partition coefficient (Wildman–Crippen LogP) is -0.211. The quantitative estimate of drug-likeness (QED) is 0.680. The molecule has 0 fully saturated rings. The summed E-state index contributed by atoms with van der Waals surface area (Å²) in [5.74, 6) is -1.82. The minimum absolute atomic E-state index is 0.0184. The number of alkyl halides is 3. The van der Waals surface area contributed by atoms with Gasteiger partial charge in [0.15, 0.2) is 0 Å². The van der Waals surface area contributed by atoms with Crippen molar-refractivity contribution in [2.45, 2.75) is 26.6 Å². The van der Waals surface area contributed by atoms with Gasteiger partial charge < -0.3 is 10.3 Å². The Bertz CT molecular complexity index is 1230. The van der Waals surface area contributed by atoms with Gasteiger partial charge in [0.05, 0.1) is 22.7 Å². The standard InChI is InChI=1S/C15H15F3N4O6S/c1-7(23)19-6-9-4-10-12(5-11(9)15(16,17)18)20-14(26)21(13(10)25)22(8(2)24)29(3,27)28/h4-5H,6H2,1-3H3,(H,19,23)(H,20,26). The minimum atomic E-state index is -4.87. The normalized spacial score (nSPS) is 12.1. The predicted molar refractivity (Wildman–Crippen MR) is 95.1 cm³/mol. The summed E-state index contributed by atoms with van der Waals surface area (Å²) >= 11 is 0. The van der Waals surface area contributed by atoms with Crippen LogP contribution in [0.2, 0.25) is 0 Å². The molecule has 10 nitrogen and oxygen atoms in total. The maximum atomic E-state index is 13.4. The molecule has 0 aliphatic heterocycles. The monoisotopic (exact) mass is 436 g/mol. The fourth-order valence-corrected chi connectivity index (χ4v) is 3.53. The van der Waals surface area contributed by atoms with Gasteiger partial charge in [0, 0.05) is 20.4 Å². The highest BCUT2D eigenvalue weighted by atomic mass is 32.2. The molecule has 29 heavy (non-hydrogen) atoms. The fraction of sp³-hybridized carbons (Fsp3) is 0.333. The van der Waals surface area contributed by atoms with Crippen molar-refractivity contribution in [2.75, 3.05) is 10.7 Å². The van der Waals surface area contributed by atoms with Crippen LogP contribution in [0.25, 0.3) is 10.9 Å². The zero-order chi connectivity index (χ0) is 22.3. The molecule has 158 valence electrons. The molecule has 0 saturated carbocycles. The first-order valence-electron chi connectivity index (χ1n) is 7.79. The zero-order valence-corrected chi connectivity index (χ0v) is 16.1. The summed E-state index contributed by atoms with van der Waals surface area (Å²) in [5.41, 5.74) is -4.98. The molecule has 1 aromatic carbocycles. The van der Waals surface area contributed by atoms with Gasteiger partial charge >= 0.3 is 11.9 Å². The van der Waals surface area contributed by atoms with Crippen LogP contribution in [0.15, 0.2) is 21.7 Å². The molecule has 0 atom stereocenters. The Labute approximate surface area is 161 Å². The summed E-state index contributed by atoms with van der Waals surface area (Å²) in [4.78, 5) is 49.7. The molecular weight excluding hydrogens is 421 g/mol. The Kier molecular flexibility index (Phi) is 5.61. The number of H-pyrrole nitrogens is 1. The Morgan fingerprint density at radius 2 is 1.79 bits per heavy atom. The van der Waals surface area contributed by atoms with Crippen LogP contribution in [0, 0.1) is 0 Å². The second-order valence-corrected chi connectivity index (χ2v) is 7.85. The Morgan fingerprint density at radius 3 is 2.24 bits per heavy atom. The van der Waals surface area contributed by atoms with Crippen molar-refractivity contribution >= 4 is 32.7 Å². The smallest absolute Gasteiger partial charge is 0.352 e. The van der Waals surface area contributed by atoms with Crippen molar-refractivity contribution < 1.29 is 31.2 Å². The molecule has 2 rings (SSSR count). The van der Waals surface area contributed by atoms with Crippen molar-refractivity contribution in [1.82, 2.24) is 15.0 Å². The zero-order valence-electron chi connectivity index (χ0n) is 15.2. The van der Waals surface area contributed by atoms with Crippen LogP contribution in [0.5, 0.6) is 0 Å². The van der Waals surface area contributed by atoms with Crippen molar-refractivity contribution in [3.8, 4) is 0 Å². The summed E-state index contributed by atoms with van der Waals surface area (Å²) in [6.07, 6.45) is -4.30. The topological polar surface area (TPSA) is 138 Å². The van der Waals surface area contributed by atoms with Crippen molar-refractivity contribution in [2.24, 2.45) is 0 Å². The Balaban J connectivity index is 2.92. The lowest BCUT2D eigenvalue weighted by molar-refractivity contribution is -0.138. The first-order valence-corrected chi connectivity index (χ1v) is 9.64. The Hall–Kier alpha value is -3.16. The van der Waals surface area contributed by atoms with E-state index in [1.54, 1.807) is 0 Å². The molecule has 0 spiro atoms. The molecule has 0 aliphatic carbocycles. The summed E-state index contributed by atoms with van der Waals surface area (Å²) in [6.45, 7) is 1.28. The number of nitrogens with one attached hydrogen (secondary N) is 2. The fourth-order valence-electron chi connectivity index (χ4n) is 2.62. The molecule has 1 aromatic heterocycles. The third-order valence-electron chi connectivity index (χ3n) is 3.70. The number of aromatic nitrogens is 2. The average Bonchev–Trinajstić information content (AvgIpc) is 2.53. The number of carbonyl (C=O) groups excluding carboxylic acids is 2. The van der Waals surface area contributed by atoms with Gasteiger partial charge in [-0.2, -0.15) is 13.2 Å². The Morgan fingerprint density at radius 1 is 1.21 bits per heavy atom. The molecule has 0 radical (unpaired) electrons. The molecule has 0 aliphatic rings. The number of halogens is 3. The number of carbonyl (C=O) groups is 2. The molecule has 1 heterocycles. The van der Waals surface area contributed by atoms with E-state index in [1.807, 2.05) is 4.98 Å². The third-order valence-corrected chi connectivity index (χ3v) is 4.75. The number of rotatable bonds is 4. The number of hydrogen-bond acceptors (Lipinski definition) is 6. The van der Waals surface area contributed by atoms with E-state index >= 15 is 0 Å². The second-order valence-electron chi connectivity index (χ2n) is 6.03. The maximum absolute atomic E-state index is 13.4. The van der Waals surface area contributed by atoms with E-state index in [1.165, 1.54) is 0 Å². The molecule has 2 aromatic rings. The van der Waals surface area contributed by atoms with E-state index in [0.717, 1.165) is 19.9 Å². The number of amides is 2. The first kappa shape index (κ1) is 22.1. The van der Waals surface area contributed by atoms with Crippen molar-refractivity contribution in [1.29, 1.82) is 0 Å². The van der Waals surface area contributed by atoms with E-state index in [-0.39, 0.29) is 9.09 Å². The minimum Gasteiger partial charge on any atom is -0.352 e. The summed E-state index contributed by atoms with van der Waals surface area (Å²) in [7, 11) is -4.40. The largest absolute Gasteiger partial charge is 0.416 e. The molecule has 2 N–H and O–H groups in total. The van der Waals surface area contributed by atoms with Gasteiger partial charge in [-0.1, -0.05) is 0 Å². The van der Waals surface area contributed by atoms with Crippen LogP contribution < -0.4 is 21.0 Å². The highest BCUT2D eigenvalue weighted by molar-refractivity contribution is 7.92. The summed E-state index contributed by atoms with van der Waals surface area (Å²) in [5, 5.41) is 1.68. The SMILES string of the molecule is CC(=O)NCc1cc2c(=O)n(N(C(C)=O)S(C)(=O)=O)c(=O)[nH]c2cc1C(F)(F)F. The van der Waals surface area contributed by atoms with Gasteiger partial charge in [0.1, 0.15) is 0 Å². The van der Waals surface area contributed by atoms with E-state index in [0.29, 0.717) is 12.3 Å². The number of benzene rings is 1. The highest BCUT2D eigenvalue weighted by Gasteiger charge is 2.34. The van der Waals surface area contributed by atoms with Crippen LogP contribution in [-0.2, 0) is 32.3 Å². The number of sulfonamides is 1. The van der Waals surface area contributed by atoms with Crippen LogP contribution in [-0.4, -0.2) is 36.1 Å². The molecule has 14 heteroatoms. The number of aromatic amines is 1. The van der Waals surface area contributed by atoms with E-state index in [4.69, 9.17) is 0 Å².